The van der Waals surface area contributed by atoms with Crippen molar-refractivity contribution in [3.63, 3.8) is 0 Å². The summed E-state index contributed by atoms with van der Waals surface area (Å²) in [7, 11) is 0. The van der Waals surface area contributed by atoms with Crippen molar-refractivity contribution in [3.8, 4) is 0 Å². The van der Waals surface area contributed by atoms with Gasteiger partial charge in [-0.1, -0.05) is 13.8 Å². The minimum atomic E-state index is -0.874. The van der Waals surface area contributed by atoms with Crippen LogP contribution in [0.4, 0.5) is 0 Å². The fourth-order valence-corrected chi connectivity index (χ4v) is 4.25. The van der Waals surface area contributed by atoms with Crippen LogP contribution >= 0.6 is 11.3 Å². The zero-order valence-electron chi connectivity index (χ0n) is 15.0. The Morgan fingerprint density at radius 3 is 2.56 bits per heavy atom. The van der Waals surface area contributed by atoms with Gasteiger partial charge in [0.05, 0.1) is 10.8 Å². The number of aromatic nitrogens is 2. The standard InChI is InChI=1S/C18H23N3O3S/c1-5-13-19-11(4)14-10(3)15(25-16(14)20-13)17(22)21(12-6-7-12)8-9(2)18(23)24/h9,12H,5-8H2,1-4H3,(H,23,24). The number of carbonyl (C=O) groups is 2. The lowest BCUT2D eigenvalue weighted by atomic mass is 10.1. The van der Waals surface area contributed by atoms with Crippen LogP contribution in [-0.2, 0) is 11.2 Å². The molecule has 7 heteroatoms. The molecule has 0 saturated heterocycles. The summed E-state index contributed by atoms with van der Waals surface area (Å²) in [5, 5.41) is 10.1. The summed E-state index contributed by atoms with van der Waals surface area (Å²) in [6.45, 7) is 7.78. The fraction of sp³-hybridized carbons (Fsp3) is 0.556. The SMILES string of the molecule is CCc1nc(C)c2c(C)c(C(=O)N(CC(C)C(=O)O)C3CC3)sc2n1. The average Bonchev–Trinajstić information content (AvgIpc) is 3.35. The zero-order valence-corrected chi connectivity index (χ0v) is 15.8. The number of carboxylic acid groups (broad SMARTS) is 1. The molecular weight excluding hydrogens is 338 g/mol. The van der Waals surface area contributed by atoms with Crippen molar-refractivity contribution in [3.05, 3.63) is 22.0 Å². The Morgan fingerprint density at radius 2 is 2.00 bits per heavy atom. The Balaban J connectivity index is 1.99. The minimum absolute atomic E-state index is 0.0754. The van der Waals surface area contributed by atoms with E-state index in [-0.39, 0.29) is 18.5 Å². The van der Waals surface area contributed by atoms with Gasteiger partial charge in [-0.05, 0) is 32.3 Å². The summed E-state index contributed by atoms with van der Waals surface area (Å²) < 4.78 is 0. The van der Waals surface area contributed by atoms with Crippen molar-refractivity contribution in [1.82, 2.24) is 14.9 Å². The first kappa shape index (κ1) is 17.8. The van der Waals surface area contributed by atoms with Gasteiger partial charge in [-0.2, -0.15) is 0 Å². The number of aryl methyl sites for hydroxylation is 3. The number of amides is 1. The molecule has 1 fully saturated rings. The van der Waals surface area contributed by atoms with E-state index in [2.05, 4.69) is 9.97 Å². The van der Waals surface area contributed by atoms with Gasteiger partial charge in [0, 0.05) is 30.1 Å². The highest BCUT2D eigenvalue weighted by atomic mass is 32.1. The van der Waals surface area contributed by atoms with Crippen molar-refractivity contribution in [2.75, 3.05) is 6.54 Å². The van der Waals surface area contributed by atoms with Gasteiger partial charge in [-0.15, -0.1) is 11.3 Å². The molecule has 2 aromatic rings. The highest BCUT2D eigenvalue weighted by molar-refractivity contribution is 7.20. The number of rotatable bonds is 6. The second kappa shape index (κ2) is 6.71. The first-order chi connectivity index (χ1) is 11.8. The predicted molar refractivity (Wildman–Crippen MR) is 97.1 cm³/mol. The van der Waals surface area contributed by atoms with E-state index in [0.717, 1.165) is 46.6 Å². The second-order valence-electron chi connectivity index (χ2n) is 6.74. The molecule has 2 aromatic heterocycles. The molecule has 25 heavy (non-hydrogen) atoms. The molecule has 1 amide bonds. The summed E-state index contributed by atoms with van der Waals surface area (Å²) in [5.74, 6) is -0.745. The van der Waals surface area contributed by atoms with Crippen molar-refractivity contribution in [1.29, 1.82) is 0 Å². The number of carbonyl (C=O) groups excluding carboxylic acids is 1. The van der Waals surface area contributed by atoms with Crippen LogP contribution in [-0.4, -0.2) is 44.4 Å². The number of nitrogens with zero attached hydrogens (tertiary/aromatic N) is 3. The number of hydrogen-bond donors (Lipinski definition) is 1. The van der Waals surface area contributed by atoms with Gasteiger partial charge in [0.25, 0.3) is 5.91 Å². The van der Waals surface area contributed by atoms with Crippen LogP contribution in [0, 0.1) is 19.8 Å². The summed E-state index contributed by atoms with van der Waals surface area (Å²) in [4.78, 5) is 36.7. The average molecular weight is 361 g/mol. The molecule has 1 aliphatic carbocycles. The van der Waals surface area contributed by atoms with E-state index < -0.39 is 11.9 Å². The van der Waals surface area contributed by atoms with E-state index in [0.29, 0.717) is 4.88 Å². The lowest BCUT2D eigenvalue weighted by molar-refractivity contribution is -0.141. The van der Waals surface area contributed by atoms with Crippen LogP contribution in [0.5, 0.6) is 0 Å². The Morgan fingerprint density at radius 1 is 1.32 bits per heavy atom. The normalized spacial score (nSPS) is 15.4. The number of thiophene rings is 1. The van der Waals surface area contributed by atoms with E-state index in [9.17, 15) is 14.7 Å². The molecule has 1 saturated carbocycles. The zero-order chi connectivity index (χ0) is 18.3. The lowest BCUT2D eigenvalue weighted by Crippen LogP contribution is -2.38. The highest BCUT2D eigenvalue weighted by Gasteiger charge is 2.36. The summed E-state index contributed by atoms with van der Waals surface area (Å²) >= 11 is 1.39. The first-order valence-corrected chi connectivity index (χ1v) is 9.45. The second-order valence-corrected chi connectivity index (χ2v) is 7.74. The van der Waals surface area contributed by atoms with Crippen molar-refractivity contribution >= 4 is 33.4 Å². The molecule has 1 aliphatic rings. The summed E-state index contributed by atoms with van der Waals surface area (Å²) in [6.07, 6.45) is 2.64. The first-order valence-electron chi connectivity index (χ1n) is 8.63. The third kappa shape index (κ3) is 3.38. The molecule has 3 rings (SSSR count). The van der Waals surface area contributed by atoms with Crippen molar-refractivity contribution in [2.45, 2.75) is 53.0 Å². The van der Waals surface area contributed by atoms with E-state index >= 15 is 0 Å². The van der Waals surface area contributed by atoms with Crippen molar-refractivity contribution in [2.24, 2.45) is 5.92 Å². The van der Waals surface area contributed by atoms with Crippen molar-refractivity contribution < 1.29 is 14.7 Å². The predicted octanol–water partition coefficient (Wildman–Crippen LogP) is 3.20. The third-order valence-corrected chi connectivity index (χ3v) is 5.84. The molecule has 0 spiro atoms. The van der Waals surface area contributed by atoms with Crippen LogP contribution in [0.15, 0.2) is 0 Å². The van der Waals surface area contributed by atoms with Gasteiger partial charge in [-0.25, -0.2) is 9.97 Å². The fourth-order valence-electron chi connectivity index (χ4n) is 3.04. The maximum Gasteiger partial charge on any atom is 0.308 e. The largest absolute Gasteiger partial charge is 0.481 e. The molecule has 1 atom stereocenters. The van der Waals surface area contributed by atoms with E-state index in [4.69, 9.17) is 0 Å². The summed E-state index contributed by atoms with van der Waals surface area (Å²) in [5.41, 5.74) is 1.80. The number of fused-ring (bicyclic) bond motifs is 1. The Bertz CT molecular complexity index is 842. The summed E-state index contributed by atoms with van der Waals surface area (Å²) in [6, 6.07) is 0.164. The molecule has 6 nitrogen and oxygen atoms in total. The smallest absolute Gasteiger partial charge is 0.308 e. The van der Waals surface area contributed by atoms with Gasteiger partial charge >= 0.3 is 5.97 Å². The van der Waals surface area contributed by atoms with E-state index in [1.165, 1.54) is 11.3 Å². The molecule has 2 heterocycles. The molecule has 0 aliphatic heterocycles. The molecule has 0 bridgehead atoms. The molecule has 134 valence electrons. The van der Waals surface area contributed by atoms with Gasteiger partial charge in [-0.3, -0.25) is 9.59 Å². The Labute approximate surface area is 150 Å². The van der Waals surface area contributed by atoms with Crippen LogP contribution < -0.4 is 0 Å². The van der Waals surface area contributed by atoms with Crippen LogP contribution in [0.2, 0.25) is 0 Å². The quantitative estimate of drug-likeness (QED) is 0.854. The van der Waals surface area contributed by atoms with Gasteiger partial charge in [0.1, 0.15) is 10.7 Å². The van der Waals surface area contributed by atoms with E-state index in [1.54, 1.807) is 11.8 Å². The molecule has 0 aromatic carbocycles. The van der Waals surface area contributed by atoms with Gasteiger partial charge in [0.2, 0.25) is 0 Å². The van der Waals surface area contributed by atoms with Gasteiger partial charge in [0.15, 0.2) is 0 Å². The van der Waals surface area contributed by atoms with Crippen LogP contribution in [0.3, 0.4) is 0 Å². The van der Waals surface area contributed by atoms with Crippen LogP contribution in [0.1, 0.15) is 53.4 Å². The molecular formula is C18H23N3O3S. The number of aliphatic carboxylic acids is 1. The molecule has 1 N–H and O–H groups in total. The topological polar surface area (TPSA) is 83.4 Å². The maximum absolute atomic E-state index is 13.1. The third-order valence-electron chi connectivity index (χ3n) is 4.67. The van der Waals surface area contributed by atoms with Crippen LogP contribution in [0.25, 0.3) is 10.2 Å². The highest BCUT2D eigenvalue weighted by Crippen LogP contribution is 2.35. The van der Waals surface area contributed by atoms with Gasteiger partial charge < -0.3 is 10.0 Å². The molecule has 1 unspecified atom stereocenters. The lowest BCUT2D eigenvalue weighted by Gasteiger charge is -2.24. The minimum Gasteiger partial charge on any atom is -0.481 e. The monoisotopic (exact) mass is 361 g/mol. The van der Waals surface area contributed by atoms with E-state index in [1.807, 2.05) is 20.8 Å². The Hall–Kier alpha value is -2.02. The maximum atomic E-state index is 13.1. The number of hydrogen-bond acceptors (Lipinski definition) is 5. The Kier molecular flexibility index (Phi) is 4.77. The number of carboxylic acids is 1. The molecule has 0 radical (unpaired) electrons.